The van der Waals surface area contributed by atoms with E-state index < -0.39 is 0 Å². The monoisotopic (exact) mass is 412 g/mol. The van der Waals surface area contributed by atoms with Gasteiger partial charge in [0.1, 0.15) is 5.69 Å². The molecule has 5 aliphatic rings. The molecule has 4 bridgehead atoms. The second-order valence-corrected chi connectivity index (χ2v) is 11.0. The second kappa shape index (κ2) is 7.40. The fraction of sp³-hybridized carbons (Fsp3) is 0.750. The van der Waals surface area contributed by atoms with Crippen LogP contribution in [0.25, 0.3) is 0 Å². The fourth-order valence-electron chi connectivity index (χ4n) is 7.63. The third-order valence-electron chi connectivity index (χ3n) is 8.48. The Labute approximate surface area is 179 Å². The van der Waals surface area contributed by atoms with Crippen LogP contribution in [0, 0.1) is 33.3 Å². The molecule has 1 aromatic rings. The molecule has 0 radical (unpaired) electrons. The number of benzene rings is 1. The van der Waals surface area contributed by atoms with Gasteiger partial charge in [0.15, 0.2) is 0 Å². The maximum atomic E-state index is 11.8. The van der Waals surface area contributed by atoms with Crippen LogP contribution in [0.1, 0.15) is 59.3 Å². The van der Waals surface area contributed by atoms with Crippen molar-refractivity contribution in [3.8, 4) is 0 Å². The second-order valence-electron chi connectivity index (χ2n) is 11.0. The molecule has 1 aromatic carbocycles. The maximum Gasteiger partial charge on any atom is 0.292 e. The summed E-state index contributed by atoms with van der Waals surface area (Å²) in [4.78, 5) is 13.9. The fourth-order valence-corrected chi connectivity index (χ4v) is 7.63. The van der Waals surface area contributed by atoms with Crippen LogP contribution in [-0.2, 0) is 0 Å². The molecule has 5 fully saturated rings. The van der Waals surface area contributed by atoms with Gasteiger partial charge in [0.25, 0.3) is 5.69 Å². The lowest BCUT2D eigenvalue weighted by molar-refractivity contribution is -0.384. The van der Waals surface area contributed by atoms with Crippen molar-refractivity contribution in [1.82, 2.24) is 5.32 Å². The Hall–Kier alpha value is -1.82. The molecule has 4 saturated carbocycles. The van der Waals surface area contributed by atoms with E-state index in [2.05, 4.69) is 36.3 Å². The number of rotatable bonds is 5. The molecule has 30 heavy (non-hydrogen) atoms. The summed E-state index contributed by atoms with van der Waals surface area (Å²) in [6.07, 6.45) is 8.15. The van der Waals surface area contributed by atoms with Gasteiger partial charge in [-0.25, -0.2) is 0 Å². The van der Waals surface area contributed by atoms with E-state index in [-0.39, 0.29) is 16.7 Å². The highest BCUT2D eigenvalue weighted by Crippen LogP contribution is 2.61. The minimum atomic E-state index is -0.235. The molecule has 2 N–H and O–H groups in total. The number of piperazine rings is 1. The molecule has 1 aliphatic heterocycles. The van der Waals surface area contributed by atoms with Gasteiger partial charge in [-0.2, -0.15) is 0 Å². The number of nitro groups is 1. The summed E-state index contributed by atoms with van der Waals surface area (Å²) in [5.74, 6) is 2.64. The third-order valence-corrected chi connectivity index (χ3v) is 8.48. The SMILES string of the molecule is C[C@@H]1CN(c2ccc([N+](=O)[O-])c(N[C@H](C)C34CC5CC(CC(C5)C3)C4)c2)C[C@H](C)N1. The number of anilines is 2. The molecule has 164 valence electrons. The van der Waals surface area contributed by atoms with Crippen molar-refractivity contribution >= 4 is 17.1 Å². The normalized spacial score (nSPS) is 38.5. The van der Waals surface area contributed by atoms with Crippen molar-refractivity contribution < 1.29 is 4.92 Å². The van der Waals surface area contributed by atoms with Crippen LogP contribution in [0.2, 0.25) is 0 Å². The van der Waals surface area contributed by atoms with Crippen molar-refractivity contribution in [3.05, 3.63) is 28.3 Å². The topological polar surface area (TPSA) is 70.4 Å². The molecule has 6 heteroatoms. The van der Waals surface area contributed by atoms with E-state index in [0.717, 1.165) is 36.5 Å². The average molecular weight is 413 g/mol. The summed E-state index contributed by atoms with van der Waals surface area (Å²) >= 11 is 0. The Morgan fingerprint density at radius 2 is 1.67 bits per heavy atom. The van der Waals surface area contributed by atoms with Crippen molar-refractivity contribution in [1.29, 1.82) is 0 Å². The molecule has 1 saturated heterocycles. The summed E-state index contributed by atoms with van der Waals surface area (Å²) in [5, 5.41) is 19.0. The maximum absolute atomic E-state index is 11.8. The van der Waals surface area contributed by atoms with E-state index in [0.29, 0.717) is 23.2 Å². The first-order valence-corrected chi connectivity index (χ1v) is 11.9. The Morgan fingerprint density at radius 1 is 1.10 bits per heavy atom. The summed E-state index contributed by atoms with van der Waals surface area (Å²) in [7, 11) is 0. The van der Waals surface area contributed by atoms with Gasteiger partial charge in [-0.05, 0) is 94.6 Å². The summed E-state index contributed by atoms with van der Waals surface area (Å²) < 4.78 is 0. The standard InChI is InChI=1S/C24H36N4O2/c1-15-13-27(14-16(2)25-15)21-4-5-23(28(29)30)22(9-21)26-17(3)24-10-18-6-19(11-24)8-20(7-18)12-24/h4-5,9,15-20,25-26H,6-8,10-14H2,1-3H3/t15-,16+,17-,18?,19?,20?,24?/m1/s1. The van der Waals surface area contributed by atoms with Gasteiger partial charge in [0, 0.05) is 43.0 Å². The molecule has 0 amide bonds. The van der Waals surface area contributed by atoms with Gasteiger partial charge in [-0.3, -0.25) is 10.1 Å². The molecule has 6 nitrogen and oxygen atoms in total. The van der Waals surface area contributed by atoms with Gasteiger partial charge in [0.05, 0.1) is 4.92 Å². The van der Waals surface area contributed by atoms with Gasteiger partial charge in [0.2, 0.25) is 0 Å². The molecule has 1 heterocycles. The lowest BCUT2D eigenvalue weighted by atomic mass is 9.48. The zero-order valence-corrected chi connectivity index (χ0v) is 18.6. The Kier molecular flexibility index (Phi) is 4.96. The van der Waals surface area contributed by atoms with Crippen LogP contribution < -0.4 is 15.5 Å². The highest BCUT2D eigenvalue weighted by molar-refractivity contribution is 5.69. The molecular weight excluding hydrogens is 376 g/mol. The van der Waals surface area contributed by atoms with Crippen molar-refractivity contribution in [2.45, 2.75) is 77.4 Å². The summed E-state index contributed by atoms with van der Waals surface area (Å²) in [6, 6.07) is 6.73. The minimum Gasteiger partial charge on any atom is -0.376 e. The lowest BCUT2D eigenvalue weighted by Gasteiger charge is -2.59. The van der Waals surface area contributed by atoms with Gasteiger partial charge < -0.3 is 15.5 Å². The molecule has 6 rings (SSSR count). The van der Waals surface area contributed by atoms with Gasteiger partial charge >= 0.3 is 0 Å². The lowest BCUT2D eigenvalue weighted by Crippen LogP contribution is -2.54. The van der Waals surface area contributed by atoms with Gasteiger partial charge in [-0.15, -0.1) is 0 Å². The van der Waals surface area contributed by atoms with Crippen LogP contribution in [0.5, 0.6) is 0 Å². The van der Waals surface area contributed by atoms with Crippen molar-refractivity contribution in [2.24, 2.45) is 23.2 Å². The van der Waals surface area contributed by atoms with Gasteiger partial charge in [-0.1, -0.05) is 0 Å². The summed E-state index contributed by atoms with van der Waals surface area (Å²) in [6.45, 7) is 8.52. The summed E-state index contributed by atoms with van der Waals surface area (Å²) in [5.41, 5.74) is 2.30. The van der Waals surface area contributed by atoms with Crippen molar-refractivity contribution in [3.63, 3.8) is 0 Å². The van der Waals surface area contributed by atoms with E-state index in [4.69, 9.17) is 0 Å². The van der Waals surface area contributed by atoms with Crippen LogP contribution in [-0.4, -0.2) is 36.1 Å². The average Bonchev–Trinajstić information content (AvgIpc) is 2.66. The first-order chi connectivity index (χ1) is 14.3. The molecular formula is C24H36N4O2. The predicted octanol–water partition coefficient (Wildman–Crippen LogP) is 4.80. The quantitative estimate of drug-likeness (QED) is 0.537. The van der Waals surface area contributed by atoms with Crippen molar-refractivity contribution in [2.75, 3.05) is 23.3 Å². The molecule has 0 aromatic heterocycles. The predicted molar refractivity (Wildman–Crippen MR) is 121 cm³/mol. The zero-order chi connectivity index (χ0) is 21.0. The first-order valence-electron chi connectivity index (χ1n) is 11.9. The van der Waals surface area contributed by atoms with Crippen LogP contribution in [0.4, 0.5) is 17.1 Å². The van der Waals surface area contributed by atoms with E-state index in [1.165, 1.54) is 38.5 Å². The van der Waals surface area contributed by atoms with E-state index in [1.54, 1.807) is 6.07 Å². The smallest absolute Gasteiger partial charge is 0.292 e. The van der Waals surface area contributed by atoms with E-state index >= 15 is 0 Å². The largest absolute Gasteiger partial charge is 0.376 e. The number of nitrogens with one attached hydrogen (secondary N) is 2. The Morgan fingerprint density at radius 3 is 2.20 bits per heavy atom. The molecule has 4 aliphatic carbocycles. The van der Waals surface area contributed by atoms with Crippen LogP contribution in [0.3, 0.4) is 0 Å². The first kappa shape index (κ1) is 20.1. The highest BCUT2D eigenvalue weighted by atomic mass is 16.6. The molecule has 0 spiro atoms. The van der Waals surface area contributed by atoms with Crippen LogP contribution >= 0.6 is 0 Å². The zero-order valence-electron chi connectivity index (χ0n) is 18.6. The number of hydrogen-bond donors (Lipinski definition) is 2. The third kappa shape index (κ3) is 3.57. The molecule has 0 unspecified atom stereocenters. The molecule has 3 atom stereocenters. The number of nitrogens with zero attached hydrogens (tertiary/aromatic N) is 2. The Bertz CT molecular complexity index is 780. The van der Waals surface area contributed by atoms with E-state index in [9.17, 15) is 10.1 Å². The number of hydrogen-bond acceptors (Lipinski definition) is 5. The number of nitro benzene ring substituents is 1. The Balaban J connectivity index is 1.41. The van der Waals surface area contributed by atoms with Crippen LogP contribution in [0.15, 0.2) is 18.2 Å². The van der Waals surface area contributed by atoms with E-state index in [1.807, 2.05) is 12.1 Å². The minimum absolute atomic E-state index is 0.201. The highest BCUT2D eigenvalue weighted by Gasteiger charge is 2.53.